The van der Waals surface area contributed by atoms with Gasteiger partial charge in [-0.3, -0.25) is 0 Å². The lowest BCUT2D eigenvalue weighted by atomic mass is 10.2. The highest BCUT2D eigenvalue weighted by Gasteiger charge is 2.16. The van der Waals surface area contributed by atoms with Crippen LogP contribution in [0.3, 0.4) is 0 Å². The van der Waals surface area contributed by atoms with E-state index >= 15 is 0 Å². The highest BCUT2D eigenvalue weighted by Crippen LogP contribution is 2.19. The highest BCUT2D eigenvalue weighted by molar-refractivity contribution is 5.94. The molecule has 1 heterocycles. The molecule has 0 aliphatic rings. The molecule has 0 saturated heterocycles. The van der Waals surface area contributed by atoms with E-state index in [1.165, 1.54) is 6.20 Å². The zero-order valence-corrected chi connectivity index (χ0v) is 11.7. The van der Waals surface area contributed by atoms with Crippen molar-refractivity contribution in [2.24, 2.45) is 0 Å². The third kappa shape index (κ3) is 3.76. The fraction of sp³-hybridized carbons (Fsp3) is 0.267. The third-order valence-electron chi connectivity index (χ3n) is 2.72. The average molecular weight is 287 g/mol. The van der Waals surface area contributed by atoms with Crippen LogP contribution < -0.4 is 5.32 Å². The maximum absolute atomic E-state index is 11.9. The van der Waals surface area contributed by atoms with Gasteiger partial charge in [0.1, 0.15) is 11.4 Å². The molecule has 0 spiro atoms. The molecule has 0 amide bonds. The Morgan fingerprint density at radius 3 is 2.76 bits per heavy atom. The van der Waals surface area contributed by atoms with Crippen molar-refractivity contribution in [1.29, 1.82) is 0 Å². The molecule has 0 radical (unpaired) electrons. The predicted molar refractivity (Wildman–Crippen MR) is 79.0 cm³/mol. The summed E-state index contributed by atoms with van der Waals surface area (Å²) >= 11 is 0. The number of hydrogen-bond donors (Lipinski definition) is 2. The number of anilines is 1. The first-order valence-corrected chi connectivity index (χ1v) is 6.70. The maximum atomic E-state index is 11.9. The van der Waals surface area contributed by atoms with E-state index < -0.39 is 5.97 Å². The van der Waals surface area contributed by atoms with Crippen molar-refractivity contribution in [2.75, 3.05) is 25.1 Å². The SMILES string of the molecule is CCOC(=O)c1cnc(-c2ccccc2)nc1NCCO. The number of hydrogen-bond acceptors (Lipinski definition) is 6. The Morgan fingerprint density at radius 1 is 1.33 bits per heavy atom. The Hall–Kier alpha value is -2.47. The lowest BCUT2D eigenvalue weighted by molar-refractivity contribution is 0.0526. The molecule has 0 unspecified atom stereocenters. The second-order valence-electron chi connectivity index (χ2n) is 4.19. The van der Waals surface area contributed by atoms with Gasteiger partial charge in [0, 0.05) is 18.3 Å². The molecule has 110 valence electrons. The molecule has 0 aliphatic heterocycles. The van der Waals surface area contributed by atoms with Crippen molar-refractivity contribution in [2.45, 2.75) is 6.92 Å². The summed E-state index contributed by atoms with van der Waals surface area (Å²) in [5.74, 6) is 0.373. The molecular weight excluding hydrogens is 270 g/mol. The Balaban J connectivity index is 2.37. The summed E-state index contributed by atoms with van der Waals surface area (Å²) < 4.78 is 4.97. The van der Waals surface area contributed by atoms with E-state index in [1.807, 2.05) is 30.3 Å². The minimum atomic E-state index is -0.488. The topological polar surface area (TPSA) is 84.3 Å². The number of aliphatic hydroxyl groups is 1. The number of nitrogens with one attached hydrogen (secondary N) is 1. The van der Waals surface area contributed by atoms with Gasteiger partial charge >= 0.3 is 5.97 Å². The lowest BCUT2D eigenvalue weighted by Gasteiger charge is -2.10. The number of ether oxygens (including phenoxy) is 1. The van der Waals surface area contributed by atoms with E-state index in [0.29, 0.717) is 11.6 Å². The molecule has 0 bridgehead atoms. The average Bonchev–Trinajstić information content (AvgIpc) is 2.53. The van der Waals surface area contributed by atoms with E-state index in [4.69, 9.17) is 9.84 Å². The van der Waals surface area contributed by atoms with Gasteiger partial charge in [-0.05, 0) is 6.92 Å². The molecule has 6 nitrogen and oxygen atoms in total. The van der Waals surface area contributed by atoms with Crippen LogP contribution in [0.25, 0.3) is 11.4 Å². The monoisotopic (exact) mass is 287 g/mol. The summed E-state index contributed by atoms with van der Waals surface area (Å²) in [6.07, 6.45) is 1.44. The normalized spacial score (nSPS) is 10.2. The van der Waals surface area contributed by atoms with Crippen molar-refractivity contribution >= 4 is 11.8 Å². The number of benzene rings is 1. The molecule has 2 rings (SSSR count). The van der Waals surface area contributed by atoms with Crippen LogP contribution in [-0.2, 0) is 4.74 Å². The first-order chi connectivity index (χ1) is 10.3. The van der Waals surface area contributed by atoms with Gasteiger partial charge in [0.2, 0.25) is 0 Å². The van der Waals surface area contributed by atoms with E-state index in [2.05, 4.69) is 15.3 Å². The number of aromatic nitrogens is 2. The molecule has 21 heavy (non-hydrogen) atoms. The fourth-order valence-corrected chi connectivity index (χ4v) is 1.78. The molecule has 0 saturated carbocycles. The van der Waals surface area contributed by atoms with Gasteiger partial charge in [0.25, 0.3) is 0 Å². The van der Waals surface area contributed by atoms with Crippen molar-refractivity contribution in [3.8, 4) is 11.4 Å². The van der Waals surface area contributed by atoms with Gasteiger partial charge in [0.05, 0.1) is 13.2 Å². The molecular formula is C15H17N3O3. The van der Waals surface area contributed by atoms with E-state index in [0.717, 1.165) is 5.56 Å². The van der Waals surface area contributed by atoms with Gasteiger partial charge < -0.3 is 15.2 Å². The largest absolute Gasteiger partial charge is 0.462 e. The summed E-state index contributed by atoms with van der Waals surface area (Å²) in [6.45, 7) is 2.24. The summed E-state index contributed by atoms with van der Waals surface area (Å²) in [5, 5.41) is 11.8. The van der Waals surface area contributed by atoms with Crippen molar-refractivity contribution in [3.05, 3.63) is 42.1 Å². The van der Waals surface area contributed by atoms with Gasteiger partial charge in [0.15, 0.2) is 5.82 Å². The minimum Gasteiger partial charge on any atom is -0.462 e. The number of nitrogens with zero attached hydrogens (tertiary/aromatic N) is 2. The summed E-state index contributed by atoms with van der Waals surface area (Å²) in [7, 11) is 0. The lowest BCUT2D eigenvalue weighted by Crippen LogP contribution is -2.15. The number of carbonyl (C=O) groups excluding carboxylic acids is 1. The Labute approximate surface area is 122 Å². The quantitative estimate of drug-likeness (QED) is 0.787. The van der Waals surface area contributed by atoms with Gasteiger partial charge in [-0.15, -0.1) is 0 Å². The van der Waals surface area contributed by atoms with Crippen LogP contribution in [0.2, 0.25) is 0 Å². The highest BCUT2D eigenvalue weighted by atomic mass is 16.5. The van der Waals surface area contributed by atoms with Crippen LogP contribution in [0.15, 0.2) is 36.5 Å². The van der Waals surface area contributed by atoms with Gasteiger partial charge in [-0.25, -0.2) is 14.8 Å². The number of rotatable bonds is 6. The van der Waals surface area contributed by atoms with Crippen LogP contribution >= 0.6 is 0 Å². The second kappa shape index (κ2) is 7.35. The molecule has 2 aromatic rings. The fourth-order valence-electron chi connectivity index (χ4n) is 1.78. The number of aliphatic hydroxyl groups excluding tert-OH is 1. The Bertz CT molecular complexity index is 602. The molecule has 1 aromatic heterocycles. The molecule has 0 atom stereocenters. The van der Waals surface area contributed by atoms with Crippen molar-refractivity contribution in [3.63, 3.8) is 0 Å². The first kappa shape index (κ1) is 14.9. The third-order valence-corrected chi connectivity index (χ3v) is 2.72. The second-order valence-corrected chi connectivity index (χ2v) is 4.19. The van der Waals surface area contributed by atoms with Crippen LogP contribution in [0, 0.1) is 0 Å². The van der Waals surface area contributed by atoms with E-state index in [-0.39, 0.29) is 25.3 Å². The van der Waals surface area contributed by atoms with Crippen LogP contribution in [0.5, 0.6) is 0 Å². The standard InChI is InChI=1S/C15H17N3O3/c1-2-21-15(20)12-10-17-13(11-6-4-3-5-7-11)18-14(12)16-8-9-19/h3-7,10,19H,2,8-9H2,1H3,(H,16,17,18). The zero-order valence-electron chi connectivity index (χ0n) is 11.7. The maximum Gasteiger partial charge on any atom is 0.343 e. The van der Waals surface area contributed by atoms with E-state index in [1.54, 1.807) is 6.92 Å². The molecule has 0 fully saturated rings. The van der Waals surface area contributed by atoms with Crippen LogP contribution in [-0.4, -0.2) is 40.8 Å². The zero-order chi connectivity index (χ0) is 15.1. The smallest absolute Gasteiger partial charge is 0.343 e. The number of carbonyl (C=O) groups is 1. The Kier molecular flexibility index (Phi) is 5.22. The van der Waals surface area contributed by atoms with Crippen LogP contribution in [0.4, 0.5) is 5.82 Å². The van der Waals surface area contributed by atoms with Gasteiger partial charge in [-0.1, -0.05) is 30.3 Å². The van der Waals surface area contributed by atoms with Crippen molar-refractivity contribution in [1.82, 2.24) is 9.97 Å². The molecule has 0 aliphatic carbocycles. The van der Waals surface area contributed by atoms with Gasteiger partial charge in [-0.2, -0.15) is 0 Å². The summed E-state index contributed by atoms with van der Waals surface area (Å²) in [5.41, 5.74) is 1.10. The van der Waals surface area contributed by atoms with E-state index in [9.17, 15) is 4.79 Å². The number of esters is 1. The summed E-state index contributed by atoms with van der Waals surface area (Å²) in [6, 6.07) is 9.45. The predicted octanol–water partition coefficient (Wildman–Crippen LogP) is 1.72. The molecule has 1 aromatic carbocycles. The van der Waals surface area contributed by atoms with Crippen molar-refractivity contribution < 1.29 is 14.6 Å². The van der Waals surface area contributed by atoms with Crippen LogP contribution in [0.1, 0.15) is 17.3 Å². The molecule has 2 N–H and O–H groups in total. The molecule has 6 heteroatoms. The summed E-state index contributed by atoms with van der Waals surface area (Å²) in [4.78, 5) is 20.4. The Morgan fingerprint density at radius 2 is 2.10 bits per heavy atom. The first-order valence-electron chi connectivity index (χ1n) is 6.70. The minimum absolute atomic E-state index is 0.0626.